The fourth-order valence-corrected chi connectivity index (χ4v) is 4.58. The first-order valence-electron chi connectivity index (χ1n) is 12.4. The second-order valence-electron chi connectivity index (χ2n) is 9.20. The van der Waals surface area contributed by atoms with Gasteiger partial charge in [0, 0.05) is 58.3 Å². The van der Waals surface area contributed by atoms with Crippen molar-refractivity contribution in [1.82, 2.24) is 35.5 Å². The van der Waals surface area contributed by atoms with Gasteiger partial charge in [-0.25, -0.2) is 14.8 Å². The normalized spacial score (nSPS) is 14.0. The maximum absolute atomic E-state index is 11.4. The van der Waals surface area contributed by atoms with E-state index in [9.17, 15) is 4.79 Å². The molecule has 1 aliphatic rings. The summed E-state index contributed by atoms with van der Waals surface area (Å²) in [7, 11) is 0. The van der Waals surface area contributed by atoms with Crippen LogP contribution < -0.4 is 5.32 Å². The van der Waals surface area contributed by atoms with Crippen molar-refractivity contribution in [2.24, 2.45) is 5.92 Å². The molecule has 5 heterocycles. The lowest BCUT2D eigenvalue weighted by Crippen LogP contribution is -2.13. The Labute approximate surface area is 219 Å². The molecule has 0 aliphatic heterocycles. The SMILES string of the molecule is C=C/C(=C\C(=C/C)c1cnc2[nH]nc(-c3cc4c(-c5cccnc5)ccnc4[nH]3)c2c1)NC(=C=O)C1CC1. The van der Waals surface area contributed by atoms with E-state index in [4.69, 9.17) is 0 Å². The highest BCUT2D eigenvalue weighted by Gasteiger charge is 2.27. The van der Waals surface area contributed by atoms with Gasteiger partial charge in [-0.05, 0) is 67.3 Å². The number of fused-ring (bicyclic) bond motifs is 2. The quantitative estimate of drug-likeness (QED) is 0.185. The maximum Gasteiger partial charge on any atom is 0.155 e. The molecule has 1 saturated carbocycles. The Kier molecular flexibility index (Phi) is 6.00. The number of aromatic nitrogens is 6. The lowest BCUT2D eigenvalue weighted by molar-refractivity contribution is 0.563. The summed E-state index contributed by atoms with van der Waals surface area (Å²) >= 11 is 0. The van der Waals surface area contributed by atoms with Gasteiger partial charge < -0.3 is 10.3 Å². The summed E-state index contributed by atoms with van der Waals surface area (Å²) in [5.74, 6) is 2.31. The third-order valence-electron chi connectivity index (χ3n) is 6.73. The smallest absolute Gasteiger partial charge is 0.155 e. The van der Waals surface area contributed by atoms with Crippen LogP contribution in [0.25, 0.3) is 50.2 Å². The van der Waals surface area contributed by atoms with Gasteiger partial charge in [-0.3, -0.25) is 10.1 Å². The molecule has 0 amide bonds. The molecule has 5 aromatic heterocycles. The highest BCUT2D eigenvalue weighted by atomic mass is 16.1. The van der Waals surface area contributed by atoms with Crippen molar-refractivity contribution in [2.75, 3.05) is 0 Å². The number of hydrogen-bond acceptors (Lipinski definition) is 6. The molecule has 38 heavy (non-hydrogen) atoms. The van der Waals surface area contributed by atoms with Crippen molar-refractivity contribution in [3.63, 3.8) is 0 Å². The summed E-state index contributed by atoms with van der Waals surface area (Å²) in [5.41, 5.74) is 8.28. The van der Waals surface area contributed by atoms with Gasteiger partial charge in [0.15, 0.2) is 5.65 Å². The zero-order valence-corrected chi connectivity index (χ0v) is 20.8. The van der Waals surface area contributed by atoms with E-state index in [-0.39, 0.29) is 5.92 Å². The first kappa shape index (κ1) is 23.3. The number of H-pyrrole nitrogens is 2. The Morgan fingerprint density at radius 2 is 2.03 bits per heavy atom. The molecule has 3 N–H and O–H groups in total. The summed E-state index contributed by atoms with van der Waals surface area (Å²) in [6, 6.07) is 10.1. The van der Waals surface area contributed by atoms with Gasteiger partial charge in [-0.1, -0.05) is 18.7 Å². The van der Waals surface area contributed by atoms with E-state index in [2.05, 4.69) is 54.2 Å². The standard InChI is InChI=1S/C30H25N7O/c1-3-18(12-22(4-2)34-27(17-38)19-7-8-19)21-13-25-28(36-37-30(25)33-16-21)26-14-24-23(9-11-32-29(24)35-26)20-6-5-10-31-15-20/h3-6,9-16,19,34H,2,7-8H2,1H3,(H,32,35)(H,33,36,37)/b18-3+,22-12+. The topological polar surface area (TPSA) is 112 Å². The zero-order valence-electron chi connectivity index (χ0n) is 20.8. The van der Waals surface area contributed by atoms with E-state index in [0.29, 0.717) is 11.3 Å². The van der Waals surface area contributed by atoms with Crippen LogP contribution in [0.4, 0.5) is 0 Å². The first-order chi connectivity index (χ1) is 18.7. The van der Waals surface area contributed by atoms with Crippen LogP contribution in [0.2, 0.25) is 0 Å². The van der Waals surface area contributed by atoms with E-state index in [1.54, 1.807) is 18.5 Å². The van der Waals surface area contributed by atoms with Gasteiger partial charge in [-0.15, -0.1) is 0 Å². The third-order valence-corrected chi connectivity index (χ3v) is 6.73. The lowest BCUT2D eigenvalue weighted by Gasteiger charge is -2.09. The van der Waals surface area contributed by atoms with Gasteiger partial charge in [0.25, 0.3) is 0 Å². The molecule has 6 rings (SSSR count). The summed E-state index contributed by atoms with van der Waals surface area (Å²) in [5, 5.41) is 12.7. The molecule has 0 radical (unpaired) electrons. The highest BCUT2D eigenvalue weighted by molar-refractivity contribution is 5.99. The van der Waals surface area contributed by atoms with E-state index in [1.807, 2.05) is 55.6 Å². The van der Waals surface area contributed by atoms with E-state index in [1.165, 1.54) is 0 Å². The average molecular weight is 500 g/mol. The third kappa shape index (κ3) is 4.34. The van der Waals surface area contributed by atoms with Crippen LogP contribution in [0, 0.1) is 5.92 Å². The average Bonchev–Trinajstić information content (AvgIpc) is 3.57. The van der Waals surface area contributed by atoms with Crippen molar-refractivity contribution in [1.29, 1.82) is 0 Å². The predicted octanol–water partition coefficient (Wildman–Crippen LogP) is 5.75. The highest BCUT2D eigenvalue weighted by Crippen LogP contribution is 2.35. The number of nitrogens with one attached hydrogen (secondary N) is 3. The number of nitrogens with zero attached hydrogens (tertiary/aromatic N) is 4. The van der Waals surface area contributed by atoms with Crippen molar-refractivity contribution in [3.8, 4) is 22.5 Å². The lowest BCUT2D eigenvalue weighted by atomic mass is 10.0. The molecule has 8 nitrogen and oxygen atoms in total. The minimum atomic E-state index is 0.265. The largest absolute Gasteiger partial charge is 0.350 e. The molecule has 0 bridgehead atoms. The number of aromatic amines is 2. The number of pyridine rings is 3. The number of rotatable bonds is 8. The van der Waals surface area contributed by atoms with Gasteiger partial charge in [0.1, 0.15) is 23.0 Å². The molecular formula is C30H25N7O. The van der Waals surface area contributed by atoms with Crippen LogP contribution in [-0.4, -0.2) is 36.1 Å². The van der Waals surface area contributed by atoms with Gasteiger partial charge in [-0.2, -0.15) is 5.10 Å². The van der Waals surface area contributed by atoms with Crippen LogP contribution in [-0.2, 0) is 4.79 Å². The van der Waals surface area contributed by atoms with E-state index in [0.717, 1.165) is 68.6 Å². The summed E-state index contributed by atoms with van der Waals surface area (Å²) in [6.45, 7) is 5.87. The number of allylic oxidation sites excluding steroid dienone is 5. The number of hydrogen-bond donors (Lipinski definition) is 3. The fraction of sp³-hybridized carbons (Fsp3) is 0.133. The van der Waals surface area contributed by atoms with Crippen molar-refractivity contribution in [3.05, 3.63) is 96.9 Å². The van der Waals surface area contributed by atoms with Gasteiger partial charge in [0.05, 0.1) is 5.69 Å². The van der Waals surface area contributed by atoms with Gasteiger partial charge >= 0.3 is 0 Å². The summed E-state index contributed by atoms with van der Waals surface area (Å²) in [4.78, 5) is 28.2. The number of carbonyl (C=O) groups excluding carboxylic acids is 1. The van der Waals surface area contributed by atoms with E-state index >= 15 is 0 Å². The van der Waals surface area contributed by atoms with Gasteiger partial charge in [0.2, 0.25) is 0 Å². The summed E-state index contributed by atoms with van der Waals surface area (Å²) in [6.07, 6.45) is 14.9. The fourth-order valence-electron chi connectivity index (χ4n) is 4.58. The Bertz CT molecular complexity index is 1780. The maximum atomic E-state index is 11.4. The molecule has 0 unspecified atom stereocenters. The van der Waals surface area contributed by atoms with Crippen LogP contribution in [0.3, 0.4) is 0 Å². The minimum Gasteiger partial charge on any atom is -0.350 e. The second-order valence-corrected chi connectivity index (χ2v) is 9.20. The summed E-state index contributed by atoms with van der Waals surface area (Å²) < 4.78 is 0. The van der Waals surface area contributed by atoms with Crippen molar-refractivity contribution >= 4 is 33.6 Å². The van der Waals surface area contributed by atoms with Crippen LogP contribution >= 0.6 is 0 Å². The van der Waals surface area contributed by atoms with Crippen LogP contribution in [0.15, 0.2) is 91.3 Å². The first-order valence-corrected chi connectivity index (χ1v) is 12.4. The molecule has 5 aromatic rings. The molecule has 0 saturated heterocycles. The Morgan fingerprint density at radius 3 is 2.76 bits per heavy atom. The molecule has 0 atom stereocenters. The monoisotopic (exact) mass is 499 g/mol. The van der Waals surface area contributed by atoms with Crippen LogP contribution in [0.5, 0.6) is 0 Å². The molecule has 0 aromatic carbocycles. The molecule has 8 heteroatoms. The molecule has 0 spiro atoms. The molecule has 1 aliphatic carbocycles. The minimum absolute atomic E-state index is 0.265. The van der Waals surface area contributed by atoms with Crippen molar-refractivity contribution < 1.29 is 4.79 Å². The zero-order chi connectivity index (χ0) is 26.1. The second kappa shape index (κ2) is 9.76. The molecule has 186 valence electrons. The molecule has 1 fully saturated rings. The Morgan fingerprint density at radius 1 is 1.13 bits per heavy atom. The Hall–Kier alpha value is -5.07. The van der Waals surface area contributed by atoms with Crippen LogP contribution in [0.1, 0.15) is 25.3 Å². The van der Waals surface area contributed by atoms with E-state index < -0.39 is 0 Å². The molecular weight excluding hydrogens is 474 g/mol. The predicted molar refractivity (Wildman–Crippen MR) is 149 cm³/mol. The van der Waals surface area contributed by atoms with Crippen molar-refractivity contribution in [2.45, 2.75) is 19.8 Å². The Balaban J connectivity index is 1.39.